The molecule has 0 atom stereocenters. The quantitative estimate of drug-likeness (QED) is 0.802. The Morgan fingerprint density at radius 3 is 2.31 bits per heavy atom. The van der Waals surface area contributed by atoms with Crippen LogP contribution in [0.2, 0.25) is 0 Å². The van der Waals surface area contributed by atoms with Crippen molar-refractivity contribution in [2.24, 2.45) is 0 Å². The zero-order valence-electron chi connectivity index (χ0n) is 8.19. The zero-order chi connectivity index (χ0) is 12.2. The molecule has 16 heavy (non-hydrogen) atoms. The molecule has 0 aliphatic carbocycles. The Morgan fingerprint density at radius 1 is 1.31 bits per heavy atom. The van der Waals surface area contributed by atoms with Gasteiger partial charge in [-0.25, -0.2) is 4.79 Å². The van der Waals surface area contributed by atoms with Crippen molar-refractivity contribution in [1.82, 2.24) is 0 Å². The van der Waals surface area contributed by atoms with E-state index in [-0.39, 0.29) is 12.4 Å². The van der Waals surface area contributed by atoms with Crippen LogP contribution in [0.1, 0.15) is 5.56 Å². The first-order valence-corrected chi connectivity index (χ1v) is 4.46. The highest BCUT2D eigenvalue weighted by molar-refractivity contribution is 5.73. The van der Waals surface area contributed by atoms with Gasteiger partial charge in [-0.2, -0.15) is 8.78 Å². The van der Waals surface area contributed by atoms with E-state index in [1.807, 2.05) is 0 Å². The standard InChI is InChI=1S/C10H10F2O4/c11-10(12,9(14)15)16-8-3-1-7(2-4-8)5-6-13/h1-4,13H,5-6H2,(H,14,15). The smallest absolute Gasteiger partial charge is 0.474 e. The summed E-state index contributed by atoms with van der Waals surface area (Å²) in [5.41, 5.74) is 0.744. The van der Waals surface area contributed by atoms with Crippen molar-refractivity contribution in [3.05, 3.63) is 29.8 Å². The van der Waals surface area contributed by atoms with Crippen LogP contribution in [0.25, 0.3) is 0 Å². The molecule has 1 aromatic rings. The van der Waals surface area contributed by atoms with Crippen LogP contribution < -0.4 is 4.74 Å². The second-order valence-electron chi connectivity index (χ2n) is 3.04. The molecule has 0 unspecified atom stereocenters. The molecule has 0 aliphatic rings. The van der Waals surface area contributed by atoms with Gasteiger partial charge in [0.15, 0.2) is 0 Å². The summed E-state index contributed by atoms with van der Waals surface area (Å²) in [5, 5.41) is 16.8. The molecule has 88 valence electrons. The van der Waals surface area contributed by atoms with E-state index in [2.05, 4.69) is 4.74 Å². The van der Waals surface area contributed by atoms with E-state index in [1.54, 1.807) is 0 Å². The van der Waals surface area contributed by atoms with E-state index in [9.17, 15) is 13.6 Å². The van der Waals surface area contributed by atoms with Crippen molar-refractivity contribution in [3.63, 3.8) is 0 Å². The van der Waals surface area contributed by atoms with Crippen LogP contribution in [0.4, 0.5) is 8.78 Å². The van der Waals surface area contributed by atoms with Gasteiger partial charge in [0.1, 0.15) is 5.75 Å². The van der Waals surface area contributed by atoms with Crippen LogP contribution in [0.3, 0.4) is 0 Å². The van der Waals surface area contributed by atoms with Gasteiger partial charge < -0.3 is 14.9 Å². The fourth-order valence-electron chi connectivity index (χ4n) is 1.04. The Kier molecular flexibility index (Phi) is 3.78. The summed E-state index contributed by atoms with van der Waals surface area (Å²) in [6.45, 7) is -0.0501. The van der Waals surface area contributed by atoms with Gasteiger partial charge in [-0.1, -0.05) is 12.1 Å². The highest BCUT2D eigenvalue weighted by Crippen LogP contribution is 2.22. The highest BCUT2D eigenvalue weighted by Gasteiger charge is 2.42. The van der Waals surface area contributed by atoms with Crippen molar-refractivity contribution >= 4 is 5.97 Å². The third-order valence-electron chi connectivity index (χ3n) is 1.82. The van der Waals surface area contributed by atoms with E-state index in [0.717, 1.165) is 5.56 Å². The van der Waals surface area contributed by atoms with E-state index in [4.69, 9.17) is 10.2 Å². The Balaban J connectivity index is 2.72. The SMILES string of the molecule is O=C(O)C(F)(F)Oc1ccc(CCO)cc1. The lowest BCUT2D eigenvalue weighted by atomic mass is 10.1. The maximum absolute atomic E-state index is 12.6. The van der Waals surface area contributed by atoms with Crippen LogP contribution in [0, 0.1) is 0 Å². The van der Waals surface area contributed by atoms with Crippen molar-refractivity contribution in [2.75, 3.05) is 6.61 Å². The predicted octanol–water partition coefficient (Wildman–Crippen LogP) is 1.28. The molecular weight excluding hydrogens is 222 g/mol. The minimum absolute atomic E-state index is 0.0501. The van der Waals surface area contributed by atoms with Gasteiger partial charge in [0.05, 0.1) is 0 Å². The minimum atomic E-state index is -4.24. The topological polar surface area (TPSA) is 66.8 Å². The molecule has 1 rings (SSSR count). The number of hydrogen-bond acceptors (Lipinski definition) is 3. The summed E-state index contributed by atoms with van der Waals surface area (Å²) < 4.78 is 29.2. The van der Waals surface area contributed by atoms with Crippen LogP contribution in [-0.2, 0) is 11.2 Å². The molecule has 0 aliphatic heterocycles. The number of aliphatic hydroxyl groups excluding tert-OH is 1. The summed E-state index contributed by atoms with van der Waals surface area (Å²) in [6.07, 6.45) is -3.84. The van der Waals surface area contributed by atoms with E-state index in [0.29, 0.717) is 6.42 Å². The van der Waals surface area contributed by atoms with Crippen molar-refractivity contribution < 1.29 is 28.5 Å². The van der Waals surface area contributed by atoms with Gasteiger partial charge >= 0.3 is 12.1 Å². The number of halogens is 2. The number of aliphatic carboxylic acids is 1. The van der Waals surface area contributed by atoms with Gasteiger partial charge in [0.25, 0.3) is 0 Å². The maximum atomic E-state index is 12.6. The van der Waals surface area contributed by atoms with Crippen LogP contribution in [-0.4, -0.2) is 28.9 Å². The van der Waals surface area contributed by atoms with E-state index < -0.39 is 12.1 Å². The normalized spacial score (nSPS) is 11.2. The molecule has 0 spiro atoms. The van der Waals surface area contributed by atoms with Gasteiger partial charge in [-0.3, -0.25) is 0 Å². The molecule has 0 saturated carbocycles. The van der Waals surface area contributed by atoms with Gasteiger partial charge in [0, 0.05) is 6.61 Å². The molecule has 0 radical (unpaired) electrons. The van der Waals surface area contributed by atoms with Gasteiger partial charge in [0.2, 0.25) is 0 Å². The monoisotopic (exact) mass is 232 g/mol. The fraction of sp³-hybridized carbons (Fsp3) is 0.300. The molecule has 0 saturated heterocycles. The number of carboxylic acid groups (broad SMARTS) is 1. The number of rotatable bonds is 5. The number of alkyl halides is 2. The molecular formula is C10H10F2O4. The number of benzene rings is 1. The average molecular weight is 232 g/mol. The van der Waals surface area contributed by atoms with Crippen LogP contribution >= 0.6 is 0 Å². The lowest BCUT2D eigenvalue weighted by molar-refractivity contribution is -0.210. The first-order chi connectivity index (χ1) is 7.45. The first kappa shape index (κ1) is 12.4. The molecule has 0 amide bonds. The summed E-state index contributed by atoms with van der Waals surface area (Å²) in [6, 6.07) is 5.40. The van der Waals surface area contributed by atoms with Crippen LogP contribution in [0.5, 0.6) is 5.75 Å². The predicted molar refractivity (Wildman–Crippen MR) is 50.4 cm³/mol. The molecule has 4 nitrogen and oxygen atoms in total. The first-order valence-electron chi connectivity index (χ1n) is 4.46. The molecule has 0 heterocycles. The molecule has 2 N–H and O–H groups in total. The summed E-state index contributed by atoms with van der Waals surface area (Å²) in [7, 11) is 0. The third-order valence-corrected chi connectivity index (χ3v) is 1.82. The highest BCUT2D eigenvalue weighted by atomic mass is 19.3. The molecule has 0 fully saturated rings. The molecule has 0 aromatic heterocycles. The lowest BCUT2D eigenvalue weighted by Gasteiger charge is -2.13. The second-order valence-corrected chi connectivity index (χ2v) is 3.04. The number of aliphatic hydroxyl groups is 1. The van der Waals surface area contributed by atoms with Crippen molar-refractivity contribution in [1.29, 1.82) is 0 Å². The number of carboxylic acids is 1. The summed E-state index contributed by atoms with van der Waals surface area (Å²) in [4.78, 5) is 10.1. The number of hydrogen-bond donors (Lipinski definition) is 2. The summed E-state index contributed by atoms with van der Waals surface area (Å²) >= 11 is 0. The molecule has 1 aromatic carbocycles. The molecule has 6 heteroatoms. The average Bonchev–Trinajstić information content (AvgIpc) is 2.21. The largest absolute Gasteiger partial charge is 0.501 e. The van der Waals surface area contributed by atoms with Crippen molar-refractivity contribution in [2.45, 2.75) is 12.5 Å². The Bertz CT molecular complexity index is 362. The van der Waals surface area contributed by atoms with Gasteiger partial charge in [-0.15, -0.1) is 0 Å². The number of carbonyl (C=O) groups is 1. The second kappa shape index (κ2) is 4.89. The Hall–Kier alpha value is -1.69. The van der Waals surface area contributed by atoms with Crippen molar-refractivity contribution in [3.8, 4) is 5.75 Å². The zero-order valence-corrected chi connectivity index (χ0v) is 8.19. The maximum Gasteiger partial charge on any atom is 0.501 e. The molecule has 0 bridgehead atoms. The van der Waals surface area contributed by atoms with Gasteiger partial charge in [-0.05, 0) is 24.1 Å². The third kappa shape index (κ3) is 3.16. The Labute approximate surface area is 90.1 Å². The van der Waals surface area contributed by atoms with E-state index in [1.165, 1.54) is 24.3 Å². The minimum Gasteiger partial charge on any atom is -0.474 e. The summed E-state index contributed by atoms with van der Waals surface area (Å²) in [5.74, 6) is -2.58. The Morgan fingerprint density at radius 2 is 1.88 bits per heavy atom. The van der Waals surface area contributed by atoms with Crippen LogP contribution in [0.15, 0.2) is 24.3 Å². The lowest BCUT2D eigenvalue weighted by Crippen LogP contribution is -2.34. The van der Waals surface area contributed by atoms with E-state index >= 15 is 0 Å². The number of ether oxygens (including phenoxy) is 1. The fourth-order valence-corrected chi connectivity index (χ4v) is 1.04.